The van der Waals surface area contributed by atoms with E-state index in [1.165, 1.54) is 0 Å². The van der Waals surface area contributed by atoms with Gasteiger partial charge in [-0.2, -0.15) is 4.31 Å². The lowest BCUT2D eigenvalue weighted by Gasteiger charge is -2.32. The minimum Gasteiger partial charge on any atom is -0.313 e. The quantitative estimate of drug-likeness (QED) is 0.903. The molecule has 0 aromatic heterocycles. The van der Waals surface area contributed by atoms with Crippen molar-refractivity contribution in [3.8, 4) is 0 Å². The van der Waals surface area contributed by atoms with Crippen LogP contribution >= 0.6 is 11.6 Å². The number of sulfonamides is 1. The molecule has 1 aliphatic rings. The number of hydrogen-bond acceptors (Lipinski definition) is 3. The average Bonchev–Trinajstić information content (AvgIpc) is 2.45. The third kappa shape index (κ3) is 3.97. The van der Waals surface area contributed by atoms with E-state index in [9.17, 15) is 8.42 Å². The molecule has 0 spiro atoms. The maximum Gasteiger partial charge on any atom is 0.244 e. The molecule has 0 radical (unpaired) electrons. The number of piperidine rings is 1. The third-order valence-electron chi connectivity index (χ3n) is 3.81. The van der Waals surface area contributed by atoms with Crippen LogP contribution in [0.1, 0.15) is 33.1 Å². The van der Waals surface area contributed by atoms with E-state index in [1.807, 2.05) is 13.8 Å². The Morgan fingerprint density at radius 2 is 2.05 bits per heavy atom. The van der Waals surface area contributed by atoms with Crippen molar-refractivity contribution in [2.75, 3.05) is 13.1 Å². The lowest BCUT2D eigenvalue weighted by atomic mass is 10.1. The first kappa shape index (κ1) is 16.7. The fourth-order valence-corrected chi connectivity index (χ4v) is 4.84. The predicted octanol–water partition coefficient (Wildman–Crippen LogP) is 2.88. The van der Waals surface area contributed by atoms with Crippen LogP contribution in [0.15, 0.2) is 29.2 Å². The van der Waals surface area contributed by atoms with Gasteiger partial charge in [0.25, 0.3) is 0 Å². The molecular formula is C15H23ClN2O2S. The zero-order valence-electron chi connectivity index (χ0n) is 12.5. The molecule has 1 aromatic rings. The summed E-state index contributed by atoms with van der Waals surface area (Å²) in [4.78, 5) is 0.191. The summed E-state index contributed by atoms with van der Waals surface area (Å²) < 4.78 is 27.3. The maximum atomic E-state index is 12.9. The Bertz CT molecular complexity index is 569. The highest BCUT2D eigenvalue weighted by Gasteiger charge is 2.31. The third-order valence-corrected chi connectivity index (χ3v) is 6.35. The van der Waals surface area contributed by atoms with Gasteiger partial charge in [0.1, 0.15) is 4.90 Å². The van der Waals surface area contributed by atoms with Crippen molar-refractivity contribution < 1.29 is 8.42 Å². The topological polar surface area (TPSA) is 49.4 Å². The highest BCUT2D eigenvalue weighted by Crippen LogP contribution is 2.26. The molecule has 1 aromatic carbocycles. The molecule has 1 N–H and O–H groups in total. The van der Waals surface area contributed by atoms with Gasteiger partial charge < -0.3 is 5.32 Å². The predicted molar refractivity (Wildman–Crippen MR) is 86.1 cm³/mol. The Morgan fingerprint density at radius 3 is 2.62 bits per heavy atom. The van der Waals surface area contributed by atoms with Crippen molar-refractivity contribution >= 4 is 21.6 Å². The van der Waals surface area contributed by atoms with Crippen molar-refractivity contribution in [3.05, 3.63) is 29.3 Å². The van der Waals surface area contributed by atoms with Gasteiger partial charge in [-0.15, -0.1) is 0 Å². The lowest BCUT2D eigenvalue weighted by molar-refractivity contribution is 0.282. The standard InChI is InChI=1S/C15H23ClN2O2S/c1-12(2)18(11-13-7-5-6-10-17-13)21(19,20)15-9-4-3-8-14(15)16/h3-4,8-9,12-13,17H,5-7,10-11H2,1-2H3. The second-order valence-corrected chi connectivity index (χ2v) is 8.01. The molecule has 6 heteroatoms. The van der Waals surface area contributed by atoms with Crippen LogP contribution in [0, 0.1) is 0 Å². The van der Waals surface area contributed by atoms with Crippen LogP contribution in [0.2, 0.25) is 5.02 Å². The van der Waals surface area contributed by atoms with Crippen molar-refractivity contribution in [2.24, 2.45) is 0 Å². The minimum absolute atomic E-state index is 0.102. The molecule has 1 saturated heterocycles. The summed E-state index contributed by atoms with van der Waals surface area (Å²) in [6, 6.07) is 6.75. The summed E-state index contributed by atoms with van der Waals surface area (Å²) >= 11 is 6.08. The number of nitrogens with one attached hydrogen (secondary N) is 1. The highest BCUT2D eigenvalue weighted by atomic mass is 35.5. The highest BCUT2D eigenvalue weighted by molar-refractivity contribution is 7.89. The van der Waals surface area contributed by atoms with Crippen molar-refractivity contribution in [3.63, 3.8) is 0 Å². The zero-order valence-corrected chi connectivity index (χ0v) is 14.1. The first-order chi connectivity index (χ1) is 9.93. The first-order valence-corrected chi connectivity index (χ1v) is 9.24. The lowest BCUT2D eigenvalue weighted by Crippen LogP contribution is -2.48. The molecule has 1 atom stereocenters. The van der Waals surface area contributed by atoms with Gasteiger partial charge >= 0.3 is 0 Å². The Kier molecular flexibility index (Phi) is 5.66. The molecule has 2 rings (SSSR count). The fraction of sp³-hybridized carbons (Fsp3) is 0.600. The van der Waals surface area contributed by atoms with E-state index < -0.39 is 10.0 Å². The smallest absolute Gasteiger partial charge is 0.244 e. The maximum absolute atomic E-state index is 12.9. The van der Waals surface area contributed by atoms with Crippen molar-refractivity contribution in [1.29, 1.82) is 0 Å². The first-order valence-electron chi connectivity index (χ1n) is 7.42. The van der Waals surface area contributed by atoms with Gasteiger partial charge in [-0.1, -0.05) is 30.2 Å². The van der Waals surface area contributed by atoms with Gasteiger partial charge in [-0.25, -0.2) is 8.42 Å². The molecule has 21 heavy (non-hydrogen) atoms. The van der Waals surface area contributed by atoms with Gasteiger partial charge in [-0.05, 0) is 45.4 Å². The van der Waals surface area contributed by atoms with E-state index in [-0.39, 0.29) is 22.0 Å². The van der Waals surface area contributed by atoms with Crippen LogP contribution in [0.3, 0.4) is 0 Å². The van der Waals surface area contributed by atoms with Crippen LogP contribution in [-0.4, -0.2) is 37.9 Å². The van der Waals surface area contributed by atoms with Crippen LogP contribution in [-0.2, 0) is 10.0 Å². The van der Waals surface area contributed by atoms with Gasteiger partial charge in [0.05, 0.1) is 5.02 Å². The van der Waals surface area contributed by atoms with Crippen LogP contribution in [0.25, 0.3) is 0 Å². The Morgan fingerprint density at radius 1 is 1.33 bits per heavy atom. The molecule has 1 unspecified atom stereocenters. The summed E-state index contributed by atoms with van der Waals surface area (Å²) in [6.45, 7) is 5.25. The number of nitrogens with zero attached hydrogens (tertiary/aromatic N) is 1. The molecule has 0 amide bonds. The summed E-state index contributed by atoms with van der Waals surface area (Å²) in [5, 5.41) is 3.68. The van der Waals surface area contributed by atoms with Gasteiger partial charge in [-0.3, -0.25) is 0 Å². The number of halogens is 1. The van der Waals surface area contributed by atoms with Gasteiger partial charge in [0.2, 0.25) is 10.0 Å². The SMILES string of the molecule is CC(C)N(CC1CCCCN1)S(=O)(=O)c1ccccc1Cl. The largest absolute Gasteiger partial charge is 0.313 e. The minimum atomic E-state index is -3.57. The van der Waals surface area contributed by atoms with E-state index in [2.05, 4.69) is 5.32 Å². The molecule has 1 heterocycles. The second-order valence-electron chi connectivity index (χ2n) is 5.75. The van der Waals surface area contributed by atoms with E-state index in [0.29, 0.717) is 6.54 Å². The van der Waals surface area contributed by atoms with E-state index >= 15 is 0 Å². The van der Waals surface area contributed by atoms with Crippen molar-refractivity contribution in [1.82, 2.24) is 9.62 Å². The Balaban J connectivity index is 2.26. The molecule has 1 aliphatic heterocycles. The normalized spacial score (nSPS) is 20.1. The molecule has 0 aliphatic carbocycles. The number of benzene rings is 1. The second kappa shape index (κ2) is 7.09. The van der Waals surface area contributed by atoms with Crippen LogP contribution < -0.4 is 5.32 Å². The van der Waals surface area contributed by atoms with Gasteiger partial charge in [0, 0.05) is 18.6 Å². The molecule has 4 nitrogen and oxygen atoms in total. The Hall–Kier alpha value is -0.620. The Labute approximate surface area is 132 Å². The molecule has 0 bridgehead atoms. The summed E-state index contributed by atoms with van der Waals surface area (Å²) in [5.41, 5.74) is 0. The molecular weight excluding hydrogens is 308 g/mol. The fourth-order valence-electron chi connectivity index (χ4n) is 2.66. The number of hydrogen-bond donors (Lipinski definition) is 1. The van der Waals surface area contributed by atoms with E-state index in [4.69, 9.17) is 11.6 Å². The molecule has 0 saturated carbocycles. The van der Waals surface area contributed by atoms with Crippen LogP contribution in [0.5, 0.6) is 0 Å². The summed E-state index contributed by atoms with van der Waals surface area (Å²) in [5.74, 6) is 0. The van der Waals surface area contributed by atoms with Gasteiger partial charge in [0.15, 0.2) is 0 Å². The average molecular weight is 331 g/mol. The zero-order chi connectivity index (χ0) is 15.5. The molecule has 1 fully saturated rings. The van der Waals surface area contributed by atoms with Crippen molar-refractivity contribution in [2.45, 2.75) is 50.1 Å². The van der Waals surface area contributed by atoms with Crippen LogP contribution in [0.4, 0.5) is 0 Å². The number of rotatable bonds is 5. The van der Waals surface area contributed by atoms with E-state index in [1.54, 1.807) is 28.6 Å². The molecule has 118 valence electrons. The monoisotopic (exact) mass is 330 g/mol. The summed E-state index contributed by atoms with van der Waals surface area (Å²) in [7, 11) is -3.57. The van der Waals surface area contributed by atoms with E-state index in [0.717, 1.165) is 25.8 Å². The summed E-state index contributed by atoms with van der Waals surface area (Å²) in [6.07, 6.45) is 3.33.